The molecule has 0 bridgehead atoms. The smallest absolute Gasteiger partial charge is 0.261 e. The molecule has 1 fully saturated rings. The molecule has 0 saturated carbocycles. The first kappa shape index (κ1) is 28.7. The van der Waals surface area contributed by atoms with Gasteiger partial charge in [0.25, 0.3) is 5.91 Å². The summed E-state index contributed by atoms with van der Waals surface area (Å²) in [5.74, 6) is 0.263. The quantitative estimate of drug-likeness (QED) is 0.238. The van der Waals surface area contributed by atoms with Crippen LogP contribution in [0.15, 0.2) is 72.9 Å². The zero-order chi connectivity index (χ0) is 28.7. The first-order valence-electron chi connectivity index (χ1n) is 13.2. The van der Waals surface area contributed by atoms with Crippen molar-refractivity contribution in [1.82, 2.24) is 20.2 Å². The molecule has 4 aromatic rings. The van der Waals surface area contributed by atoms with Gasteiger partial charge < -0.3 is 15.4 Å². The van der Waals surface area contributed by atoms with E-state index in [0.717, 1.165) is 67.3 Å². The summed E-state index contributed by atoms with van der Waals surface area (Å²) in [4.78, 5) is 25.7. The Morgan fingerprint density at radius 1 is 1.00 bits per heavy atom. The number of amides is 1. The number of carbonyl (C=O) groups is 1. The van der Waals surface area contributed by atoms with Crippen LogP contribution < -0.4 is 15.4 Å². The van der Waals surface area contributed by atoms with Crippen molar-refractivity contribution in [2.24, 2.45) is 0 Å². The monoisotopic (exact) mass is 592 g/mol. The molecule has 0 unspecified atom stereocenters. The van der Waals surface area contributed by atoms with Crippen LogP contribution in [0, 0.1) is 0 Å². The maximum atomic E-state index is 12.8. The zero-order valence-corrected chi connectivity index (χ0v) is 24.3. The maximum Gasteiger partial charge on any atom is 0.261 e. The van der Waals surface area contributed by atoms with Crippen molar-refractivity contribution in [3.63, 3.8) is 0 Å². The van der Waals surface area contributed by atoms with Crippen molar-refractivity contribution in [2.75, 3.05) is 49.1 Å². The highest BCUT2D eigenvalue weighted by molar-refractivity contribution is 7.92. The van der Waals surface area contributed by atoms with Crippen LogP contribution in [0.25, 0.3) is 10.6 Å². The summed E-state index contributed by atoms with van der Waals surface area (Å²) in [5, 5.41) is 6.20. The molecule has 2 aromatic heterocycles. The Bertz CT molecular complexity index is 1600. The Morgan fingerprint density at radius 2 is 1.76 bits per heavy atom. The molecule has 1 aliphatic heterocycles. The van der Waals surface area contributed by atoms with E-state index in [1.165, 1.54) is 16.9 Å². The van der Waals surface area contributed by atoms with Crippen molar-refractivity contribution >= 4 is 44.6 Å². The molecule has 1 amide bonds. The predicted octanol–water partition coefficient (Wildman–Crippen LogP) is 4.12. The maximum absolute atomic E-state index is 12.8. The topological polar surface area (TPSA) is 126 Å². The van der Waals surface area contributed by atoms with Crippen LogP contribution in [0.1, 0.15) is 20.8 Å². The van der Waals surface area contributed by atoms with Crippen molar-refractivity contribution in [3.05, 3.63) is 88.9 Å². The molecule has 12 heteroatoms. The predicted molar refractivity (Wildman–Crippen MR) is 162 cm³/mol. The first-order valence-corrected chi connectivity index (χ1v) is 16.0. The zero-order valence-electron chi connectivity index (χ0n) is 22.7. The largest absolute Gasteiger partial charge is 0.379 e. The van der Waals surface area contributed by atoms with Gasteiger partial charge in [-0.05, 0) is 60.0 Å². The minimum absolute atomic E-state index is 0.218. The summed E-state index contributed by atoms with van der Waals surface area (Å²) < 4.78 is 30.8. The van der Waals surface area contributed by atoms with Crippen LogP contribution in [0.4, 0.5) is 17.3 Å². The summed E-state index contributed by atoms with van der Waals surface area (Å²) in [6.07, 6.45) is 3.75. The van der Waals surface area contributed by atoms with Crippen LogP contribution >= 0.6 is 11.3 Å². The van der Waals surface area contributed by atoms with Crippen LogP contribution in [0.2, 0.25) is 0 Å². The number of morpholine rings is 1. The fraction of sp³-hybridized carbons (Fsp3) is 0.276. The summed E-state index contributed by atoms with van der Waals surface area (Å²) >= 11 is 1.34. The second kappa shape index (κ2) is 13.2. The normalized spacial score (nSPS) is 14.0. The number of hydrogen-bond donors (Lipinski definition) is 3. The number of nitrogens with zero attached hydrogens (tertiary/aromatic N) is 3. The van der Waals surface area contributed by atoms with Crippen LogP contribution in [0.3, 0.4) is 0 Å². The lowest BCUT2D eigenvalue weighted by molar-refractivity contribution is 0.0384. The van der Waals surface area contributed by atoms with E-state index in [2.05, 4.69) is 42.4 Å². The molecule has 0 aliphatic carbocycles. The third kappa shape index (κ3) is 8.57. The number of rotatable bonds is 11. The third-order valence-electron chi connectivity index (χ3n) is 6.42. The minimum Gasteiger partial charge on any atom is -0.379 e. The molecular weight excluding hydrogens is 560 g/mol. The number of hydrogen-bond acceptors (Lipinski definition) is 9. The van der Waals surface area contributed by atoms with Gasteiger partial charge in [-0.1, -0.05) is 24.3 Å². The number of ether oxygens (including phenoxy) is 1. The molecule has 0 spiro atoms. The number of nitrogens with one attached hydrogen (secondary N) is 3. The van der Waals surface area contributed by atoms with E-state index in [9.17, 15) is 13.2 Å². The number of aromatic nitrogens is 2. The minimum atomic E-state index is -3.38. The van der Waals surface area contributed by atoms with Gasteiger partial charge in [0.15, 0.2) is 0 Å². The molecule has 1 aliphatic rings. The molecule has 41 heavy (non-hydrogen) atoms. The lowest BCUT2D eigenvalue weighted by Crippen LogP contribution is -2.37. The standard InChI is InChI=1S/C29H32N6O4S2/c1-41(37,38)34-24-7-3-5-22(19-24)20-31-28(36)27-9-8-26(40-27)25-10-12-30-29(33-25)32-23-6-2-4-21(18-23)11-13-35-14-16-39-17-15-35/h2-10,12,18-19,34H,11,13-17,20H2,1H3,(H,31,36)(H,30,32,33). The molecular formula is C29H32N6O4S2. The van der Waals surface area contributed by atoms with Crippen molar-refractivity contribution in [1.29, 1.82) is 0 Å². The second-order valence-corrected chi connectivity index (χ2v) is 12.5. The van der Waals surface area contributed by atoms with Gasteiger partial charge in [0.05, 0.1) is 34.9 Å². The molecule has 5 rings (SSSR count). The molecule has 3 heterocycles. The van der Waals surface area contributed by atoms with E-state index in [1.807, 2.05) is 30.3 Å². The summed E-state index contributed by atoms with van der Waals surface area (Å²) in [6, 6.07) is 20.6. The number of anilines is 3. The highest BCUT2D eigenvalue weighted by atomic mass is 32.2. The lowest BCUT2D eigenvalue weighted by atomic mass is 10.1. The average Bonchev–Trinajstić information content (AvgIpc) is 3.46. The van der Waals surface area contributed by atoms with Crippen molar-refractivity contribution < 1.29 is 17.9 Å². The molecule has 3 N–H and O–H groups in total. The Balaban J connectivity index is 1.18. The van der Waals surface area contributed by atoms with E-state index in [-0.39, 0.29) is 12.5 Å². The Morgan fingerprint density at radius 3 is 2.56 bits per heavy atom. The van der Waals surface area contributed by atoms with Crippen LogP contribution in [-0.4, -0.2) is 68.3 Å². The number of sulfonamides is 1. The average molecular weight is 593 g/mol. The van der Waals surface area contributed by atoms with Gasteiger partial charge in [-0.15, -0.1) is 11.3 Å². The van der Waals surface area contributed by atoms with Gasteiger partial charge in [0, 0.05) is 43.8 Å². The Kier molecular flexibility index (Phi) is 9.24. The van der Waals surface area contributed by atoms with Crippen molar-refractivity contribution in [2.45, 2.75) is 13.0 Å². The van der Waals surface area contributed by atoms with Gasteiger partial charge in [-0.25, -0.2) is 18.4 Å². The number of benzene rings is 2. The fourth-order valence-corrected chi connectivity index (χ4v) is 5.88. The van der Waals surface area contributed by atoms with E-state index < -0.39 is 10.0 Å². The summed E-state index contributed by atoms with van der Waals surface area (Å²) in [7, 11) is -3.38. The summed E-state index contributed by atoms with van der Waals surface area (Å²) in [5.41, 5.74) is 4.11. The molecule has 0 radical (unpaired) electrons. The van der Waals surface area contributed by atoms with Gasteiger partial charge in [-0.2, -0.15) is 0 Å². The van der Waals surface area contributed by atoms with Gasteiger partial charge in [0.1, 0.15) is 0 Å². The number of thiophene rings is 1. The van der Waals surface area contributed by atoms with Crippen LogP contribution in [-0.2, 0) is 27.7 Å². The summed E-state index contributed by atoms with van der Waals surface area (Å²) in [6.45, 7) is 4.81. The Hall–Kier alpha value is -3.84. The molecule has 2 aromatic carbocycles. The van der Waals surface area contributed by atoms with Crippen LogP contribution in [0.5, 0.6) is 0 Å². The molecule has 1 saturated heterocycles. The third-order valence-corrected chi connectivity index (χ3v) is 8.14. The number of carbonyl (C=O) groups excluding carboxylic acids is 1. The molecule has 10 nitrogen and oxygen atoms in total. The van der Waals surface area contributed by atoms with Gasteiger partial charge in [-0.3, -0.25) is 14.4 Å². The first-order chi connectivity index (χ1) is 19.8. The van der Waals surface area contributed by atoms with Gasteiger partial charge >= 0.3 is 0 Å². The van der Waals surface area contributed by atoms with E-state index in [4.69, 9.17) is 4.74 Å². The lowest BCUT2D eigenvalue weighted by Gasteiger charge is -2.26. The molecule has 214 valence electrons. The SMILES string of the molecule is CS(=O)(=O)Nc1cccc(CNC(=O)c2ccc(-c3ccnc(Nc4cccc(CCN5CCOCC5)c4)n3)s2)c1. The second-order valence-electron chi connectivity index (χ2n) is 9.72. The van der Waals surface area contributed by atoms with E-state index in [1.54, 1.807) is 30.5 Å². The van der Waals surface area contributed by atoms with Gasteiger partial charge in [0.2, 0.25) is 16.0 Å². The van der Waals surface area contributed by atoms with E-state index in [0.29, 0.717) is 16.5 Å². The highest BCUT2D eigenvalue weighted by Gasteiger charge is 2.13. The fourth-order valence-electron chi connectivity index (χ4n) is 4.43. The van der Waals surface area contributed by atoms with Crippen molar-refractivity contribution in [3.8, 4) is 10.6 Å². The van der Waals surface area contributed by atoms with E-state index >= 15 is 0 Å². The highest BCUT2D eigenvalue weighted by Crippen LogP contribution is 2.28. The Labute approximate surface area is 243 Å². The molecule has 0 atom stereocenters.